The van der Waals surface area contributed by atoms with Gasteiger partial charge in [-0.25, -0.2) is 9.59 Å². The molecule has 1 aromatic carbocycles. The number of hydrogen-bond acceptors (Lipinski definition) is 3. The maximum absolute atomic E-state index is 11.4. The van der Waals surface area contributed by atoms with E-state index in [9.17, 15) is 9.59 Å². The quantitative estimate of drug-likeness (QED) is 0.909. The first-order chi connectivity index (χ1) is 8.95. The van der Waals surface area contributed by atoms with E-state index >= 15 is 0 Å². The van der Waals surface area contributed by atoms with Crippen LogP contribution in [0.2, 0.25) is 0 Å². The highest BCUT2D eigenvalue weighted by molar-refractivity contribution is 5.86. The molecule has 2 amide bonds. The van der Waals surface area contributed by atoms with Crippen molar-refractivity contribution in [2.45, 2.75) is 13.3 Å². The molecular weight excluding hydrogens is 248 g/mol. The summed E-state index contributed by atoms with van der Waals surface area (Å²) in [5.41, 5.74) is 0.485. The van der Waals surface area contributed by atoms with Gasteiger partial charge in [-0.15, -0.1) is 0 Å². The van der Waals surface area contributed by atoms with E-state index in [1.165, 1.54) is 15.9 Å². The minimum atomic E-state index is -1.03. The molecule has 1 aromatic rings. The van der Waals surface area contributed by atoms with Crippen LogP contribution in [0.5, 0.6) is 5.75 Å². The third kappa shape index (κ3) is 4.17. The minimum Gasteiger partial charge on any atom is -0.465 e. The number of carbonyl (C=O) groups is 2. The highest BCUT2D eigenvalue weighted by Crippen LogP contribution is 2.22. The molecule has 0 aliphatic carbocycles. The van der Waals surface area contributed by atoms with Crippen LogP contribution < -0.4 is 9.64 Å². The summed E-state index contributed by atoms with van der Waals surface area (Å²) in [5, 5.41) is 9.13. The highest BCUT2D eigenvalue weighted by atomic mass is 16.6. The number of rotatable bonds is 4. The van der Waals surface area contributed by atoms with E-state index in [2.05, 4.69) is 0 Å². The standard InChI is InChI=1S/C13H18N2O4/c1-4-8-15(12(16)17)10-6-5-7-11(9-10)19-13(18)14(2)3/h5-7,9H,4,8H2,1-3H3,(H,16,17). The molecule has 0 aliphatic rings. The first-order valence-corrected chi connectivity index (χ1v) is 5.95. The van der Waals surface area contributed by atoms with Crippen LogP contribution in [-0.4, -0.2) is 42.8 Å². The zero-order valence-corrected chi connectivity index (χ0v) is 11.3. The number of hydrogen-bond donors (Lipinski definition) is 1. The molecule has 0 unspecified atom stereocenters. The van der Waals surface area contributed by atoms with Crippen LogP contribution in [0.15, 0.2) is 24.3 Å². The smallest absolute Gasteiger partial charge is 0.414 e. The first kappa shape index (κ1) is 14.8. The molecule has 6 heteroatoms. The van der Waals surface area contributed by atoms with Gasteiger partial charge in [0.05, 0.1) is 5.69 Å². The van der Waals surface area contributed by atoms with E-state index in [1.54, 1.807) is 32.3 Å². The molecule has 0 aromatic heterocycles. The van der Waals surface area contributed by atoms with Crippen molar-refractivity contribution < 1.29 is 19.4 Å². The third-order valence-electron chi connectivity index (χ3n) is 2.38. The van der Waals surface area contributed by atoms with Crippen LogP contribution in [0, 0.1) is 0 Å². The zero-order valence-electron chi connectivity index (χ0n) is 11.3. The summed E-state index contributed by atoms with van der Waals surface area (Å²) >= 11 is 0. The lowest BCUT2D eigenvalue weighted by atomic mass is 10.2. The van der Waals surface area contributed by atoms with Crippen LogP contribution in [0.4, 0.5) is 15.3 Å². The van der Waals surface area contributed by atoms with E-state index in [4.69, 9.17) is 9.84 Å². The van der Waals surface area contributed by atoms with Crippen molar-refractivity contribution in [3.8, 4) is 5.75 Å². The van der Waals surface area contributed by atoms with Gasteiger partial charge in [0.2, 0.25) is 0 Å². The van der Waals surface area contributed by atoms with Gasteiger partial charge < -0.3 is 14.7 Å². The first-order valence-electron chi connectivity index (χ1n) is 5.95. The lowest BCUT2D eigenvalue weighted by Crippen LogP contribution is -2.30. The molecule has 0 fully saturated rings. The number of amides is 2. The predicted octanol–water partition coefficient (Wildman–Crippen LogP) is 2.64. The monoisotopic (exact) mass is 266 g/mol. The molecule has 0 saturated carbocycles. The average Bonchev–Trinajstić information content (AvgIpc) is 2.35. The van der Waals surface area contributed by atoms with Crippen LogP contribution in [0.25, 0.3) is 0 Å². The van der Waals surface area contributed by atoms with Gasteiger partial charge in [0.25, 0.3) is 0 Å². The summed E-state index contributed by atoms with van der Waals surface area (Å²) in [7, 11) is 3.15. The molecule has 0 spiro atoms. The molecule has 0 bridgehead atoms. The van der Waals surface area contributed by atoms with Crippen molar-refractivity contribution in [1.82, 2.24) is 4.90 Å². The summed E-state index contributed by atoms with van der Waals surface area (Å²) in [6, 6.07) is 6.46. The number of benzene rings is 1. The fraction of sp³-hybridized carbons (Fsp3) is 0.385. The lowest BCUT2D eigenvalue weighted by molar-refractivity contribution is 0.172. The molecule has 104 valence electrons. The summed E-state index contributed by atoms with van der Waals surface area (Å²) in [6.45, 7) is 2.28. The zero-order chi connectivity index (χ0) is 14.4. The van der Waals surface area contributed by atoms with Gasteiger partial charge in [-0.1, -0.05) is 13.0 Å². The second kappa shape index (κ2) is 6.63. The molecule has 0 aliphatic heterocycles. The number of nitrogens with zero attached hydrogens (tertiary/aromatic N) is 2. The Balaban J connectivity index is 2.92. The second-order valence-electron chi connectivity index (χ2n) is 4.19. The van der Waals surface area contributed by atoms with Gasteiger partial charge in [-0.2, -0.15) is 0 Å². The van der Waals surface area contributed by atoms with E-state index in [0.717, 1.165) is 0 Å². The van der Waals surface area contributed by atoms with Crippen molar-refractivity contribution in [3.05, 3.63) is 24.3 Å². The van der Waals surface area contributed by atoms with E-state index in [-0.39, 0.29) is 0 Å². The van der Waals surface area contributed by atoms with Gasteiger partial charge in [-0.3, -0.25) is 4.90 Å². The molecule has 1 N–H and O–H groups in total. The molecule has 0 heterocycles. The maximum atomic E-state index is 11.4. The fourth-order valence-electron chi connectivity index (χ4n) is 1.47. The van der Waals surface area contributed by atoms with Crippen LogP contribution in [-0.2, 0) is 0 Å². The molecular formula is C13H18N2O4. The number of carboxylic acid groups (broad SMARTS) is 1. The fourth-order valence-corrected chi connectivity index (χ4v) is 1.47. The Morgan fingerprint density at radius 1 is 1.32 bits per heavy atom. The number of carbonyl (C=O) groups excluding carboxylic acids is 1. The Hall–Kier alpha value is -2.24. The normalized spacial score (nSPS) is 9.84. The Kier molecular flexibility index (Phi) is 5.17. The lowest BCUT2D eigenvalue weighted by Gasteiger charge is -2.19. The Bertz CT molecular complexity index is 460. The second-order valence-corrected chi connectivity index (χ2v) is 4.19. The molecule has 0 atom stereocenters. The molecule has 0 radical (unpaired) electrons. The van der Waals surface area contributed by atoms with Gasteiger partial charge in [0.1, 0.15) is 5.75 Å². The third-order valence-corrected chi connectivity index (χ3v) is 2.38. The summed E-state index contributed by atoms with van der Waals surface area (Å²) < 4.78 is 5.09. The number of ether oxygens (including phenoxy) is 1. The summed E-state index contributed by atoms with van der Waals surface area (Å²) in [4.78, 5) is 25.1. The average molecular weight is 266 g/mol. The molecule has 0 saturated heterocycles. The van der Waals surface area contributed by atoms with Gasteiger partial charge in [0.15, 0.2) is 0 Å². The van der Waals surface area contributed by atoms with Crippen molar-refractivity contribution in [3.63, 3.8) is 0 Å². The molecule has 1 rings (SSSR count). The van der Waals surface area contributed by atoms with Crippen LogP contribution in [0.3, 0.4) is 0 Å². The largest absolute Gasteiger partial charge is 0.465 e. The van der Waals surface area contributed by atoms with Crippen molar-refractivity contribution in [2.75, 3.05) is 25.5 Å². The van der Waals surface area contributed by atoms with E-state index < -0.39 is 12.2 Å². The number of anilines is 1. The topological polar surface area (TPSA) is 70.1 Å². The van der Waals surface area contributed by atoms with E-state index in [1.807, 2.05) is 6.92 Å². The van der Waals surface area contributed by atoms with Gasteiger partial charge in [0, 0.05) is 26.7 Å². The predicted molar refractivity (Wildman–Crippen MR) is 71.8 cm³/mol. The van der Waals surface area contributed by atoms with Crippen molar-refractivity contribution in [2.24, 2.45) is 0 Å². The summed E-state index contributed by atoms with van der Waals surface area (Å²) in [6.07, 6.45) is -0.832. The molecule has 6 nitrogen and oxygen atoms in total. The Morgan fingerprint density at radius 3 is 2.53 bits per heavy atom. The summed E-state index contributed by atoms with van der Waals surface area (Å²) in [5.74, 6) is 0.318. The minimum absolute atomic E-state index is 0.318. The Labute approximate surface area is 112 Å². The van der Waals surface area contributed by atoms with Crippen LogP contribution in [0.1, 0.15) is 13.3 Å². The van der Waals surface area contributed by atoms with E-state index in [0.29, 0.717) is 24.4 Å². The van der Waals surface area contributed by atoms with Crippen molar-refractivity contribution in [1.29, 1.82) is 0 Å². The van der Waals surface area contributed by atoms with Gasteiger partial charge >= 0.3 is 12.2 Å². The maximum Gasteiger partial charge on any atom is 0.414 e. The van der Waals surface area contributed by atoms with Gasteiger partial charge in [-0.05, 0) is 18.6 Å². The SMILES string of the molecule is CCCN(C(=O)O)c1cccc(OC(=O)N(C)C)c1. The van der Waals surface area contributed by atoms with Crippen molar-refractivity contribution >= 4 is 17.9 Å². The molecule has 19 heavy (non-hydrogen) atoms. The highest BCUT2D eigenvalue weighted by Gasteiger charge is 2.14. The Morgan fingerprint density at radius 2 is 2.00 bits per heavy atom. The van der Waals surface area contributed by atoms with Crippen LogP contribution >= 0.6 is 0 Å².